The number of piperazine rings is 1. The predicted molar refractivity (Wildman–Crippen MR) is 90.0 cm³/mol. The van der Waals surface area contributed by atoms with E-state index >= 15 is 0 Å². The minimum atomic E-state index is -0.0308. The molecule has 1 aromatic rings. The van der Waals surface area contributed by atoms with Gasteiger partial charge >= 0.3 is 0 Å². The van der Waals surface area contributed by atoms with Crippen molar-refractivity contribution in [1.82, 2.24) is 10.2 Å². The molecule has 0 aromatic heterocycles. The van der Waals surface area contributed by atoms with Crippen LogP contribution in [-0.2, 0) is 5.54 Å². The van der Waals surface area contributed by atoms with Crippen LogP contribution in [0.25, 0.3) is 0 Å². The maximum atomic E-state index is 5.79. The molecule has 3 unspecified atom stereocenters. The van der Waals surface area contributed by atoms with Gasteiger partial charge < -0.3 is 5.32 Å². The Morgan fingerprint density at radius 2 is 2.05 bits per heavy atom. The summed E-state index contributed by atoms with van der Waals surface area (Å²) in [4.78, 5) is 2.54. The van der Waals surface area contributed by atoms with Crippen LogP contribution in [0.4, 0.5) is 0 Å². The van der Waals surface area contributed by atoms with Crippen molar-refractivity contribution < 1.29 is 0 Å². The summed E-state index contributed by atoms with van der Waals surface area (Å²) in [7, 11) is 0. The first kappa shape index (κ1) is 16.1. The number of hydrogen-bond donors (Lipinski definition) is 1. The minimum Gasteiger partial charge on any atom is -0.305 e. The maximum Gasteiger partial charge on any atom is 0.0712 e. The van der Waals surface area contributed by atoms with Gasteiger partial charge in [-0.3, -0.25) is 4.90 Å². The number of rotatable bonds is 4. The van der Waals surface area contributed by atoms with Crippen LogP contribution in [0.5, 0.6) is 0 Å². The Morgan fingerprint density at radius 3 is 2.57 bits per heavy atom. The standard InChI is InChI=1S/C19H28N2/c1-6-17(7-2)21-14-19(5,16-11-9-8-10-12-16)20-13-18(21)15(3)4/h1,8-12,15,17-18,20H,7,13-14H2,2-5H3. The average molecular weight is 284 g/mol. The van der Waals surface area contributed by atoms with Crippen molar-refractivity contribution in [2.24, 2.45) is 5.92 Å². The van der Waals surface area contributed by atoms with Crippen LogP contribution in [0.1, 0.15) is 39.7 Å². The zero-order chi connectivity index (χ0) is 15.5. The highest BCUT2D eigenvalue weighted by molar-refractivity contribution is 5.26. The van der Waals surface area contributed by atoms with E-state index < -0.39 is 0 Å². The first-order valence-electron chi connectivity index (χ1n) is 8.04. The summed E-state index contributed by atoms with van der Waals surface area (Å²) in [6, 6.07) is 11.4. The normalized spacial score (nSPS) is 28.3. The Morgan fingerprint density at radius 1 is 1.38 bits per heavy atom. The third-order valence-corrected chi connectivity index (χ3v) is 4.79. The van der Waals surface area contributed by atoms with E-state index in [1.807, 2.05) is 0 Å². The lowest BCUT2D eigenvalue weighted by atomic mass is 9.85. The molecule has 0 amide bonds. The van der Waals surface area contributed by atoms with E-state index in [0.29, 0.717) is 12.0 Å². The average Bonchev–Trinajstić information content (AvgIpc) is 2.49. The molecular formula is C19H28N2. The van der Waals surface area contributed by atoms with E-state index in [-0.39, 0.29) is 11.6 Å². The monoisotopic (exact) mass is 284 g/mol. The molecule has 114 valence electrons. The molecule has 2 rings (SSSR count). The van der Waals surface area contributed by atoms with E-state index in [2.05, 4.69) is 74.2 Å². The molecule has 1 aromatic carbocycles. The van der Waals surface area contributed by atoms with Crippen molar-refractivity contribution in [2.75, 3.05) is 13.1 Å². The molecule has 21 heavy (non-hydrogen) atoms. The van der Waals surface area contributed by atoms with Gasteiger partial charge in [0.2, 0.25) is 0 Å². The summed E-state index contributed by atoms with van der Waals surface area (Å²) < 4.78 is 0. The minimum absolute atomic E-state index is 0.0308. The molecule has 1 saturated heterocycles. The number of terminal acetylenes is 1. The van der Waals surface area contributed by atoms with Gasteiger partial charge in [-0.05, 0) is 24.8 Å². The van der Waals surface area contributed by atoms with Gasteiger partial charge in [-0.1, -0.05) is 57.0 Å². The zero-order valence-electron chi connectivity index (χ0n) is 13.8. The fraction of sp³-hybridized carbons (Fsp3) is 0.579. The number of benzene rings is 1. The van der Waals surface area contributed by atoms with Crippen LogP contribution >= 0.6 is 0 Å². The van der Waals surface area contributed by atoms with Gasteiger partial charge in [0.1, 0.15) is 0 Å². The highest BCUT2D eigenvalue weighted by Gasteiger charge is 2.40. The van der Waals surface area contributed by atoms with E-state index in [0.717, 1.165) is 19.5 Å². The fourth-order valence-electron chi connectivity index (χ4n) is 3.39. The SMILES string of the molecule is C#CC(CC)N1CC(C)(c2ccccc2)NCC1C(C)C. The van der Waals surface area contributed by atoms with E-state index in [1.54, 1.807) is 0 Å². The third kappa shape index (κ3) is 3.31. The van der Waals surface area contributed by atoms with Gasteiger partial charge in [0.05, 0.1) is 11.6 Å². The van der Waals surface area contributed by atoms with Crippen molar-refractivity contribution in [3.63, 3.8) is 0 Å². The van der Waals surface area contributed by atoms with Crippen LogP contribution in [0, 0.1) is 18.3 Å². The topological polar surface area (TPSA) is 15.3 Å². The quantitative estimate of drug-likeness (QED) is 0.854. The first-order valence-corrected chi connectivity index (χ1v) is 8.04. The summed E-state index contributed by atoms with van der Waals surface area (Å²) >= 11 is 0. The molecule has 0 bridgehead atoms. The smallest absolute Gasteiger partial charge is 0.0712 e. The highest BCUT2D eigenvalue weighted by Crippen LogP contribution is 2.30. The predicted octanol–water partition coefficient (Wildman–Crippen LogP) is 3.24. The van der Waals surface area contributed by atoms with Gasteiger partial charge in [-0.25, -0.2) is 0 Å². The van der Waals surface area contributed by atoms with Gasteiger partial charge in [0, 0.05) is 19.1 Å². The summed E-state index contributed by atoms with van der Waals surface area (Å²) in [5.41, 5.74) is 1.31. The Hall–Kier alpha value is -1.30. The highest BCUT2D eigenvalue weighted by atomic mass is 15.3. The molecule has 1 N–H and O–H groups in total. The lowest BCUT2D eigenvalue weighted by Gasteiger charge is -2.49. The fourth-order valence-corrected chi connectivity index (χ4v) is 3.39. The molecule has 1 aliphatic heterocycles. The molecule has 2 heteroatoms. The summed E-state index contributed by atoms with van der Waals surface area (Å²) in [5, 5.41) is 3.77. The Bertz CT molecular complexity index is 488. The molecule has 1 aliphatic rings. The number of hydrogen-bond acceptors (Lipinski definition) is 2. The Kier molecular flexibility index (Phi) is 5.08. The van der Waals surface area contributed by atoms with E-state index in [4.69, 9.17) is 6.42 Å². The largest absolute Gasteiger partial charge is 0.305 e. The van der Waals surface area contributed by atoms with Crippen LogP contribution in [-0.4, -0.2) is 30.1 Å². The van der Waals surface area contributed by atoms with E-state index in [9.17, 15) is 0 Å². The van der Waals surface area contributed by atoms with E-state index in [1.165, 1.54) is 5.56 Å². The molecule has 0 aliphatic carbocycles. The first-order chi connectivity index (χ1) is 10.0. The van der Waals surface area contributed by atoms with Crippen LogP contribution < -0.4 is 5.32 Å². The van der Waals surface area contributed by atoms with Gasteiger partial charge in [0.15, 0.2) is 0 Å². The van der Waals surface area contributed by atoms with Crippen LogP contribution in [0.2, 0.25) is 0 Å². The molecule has 2 nitrogen and oxygen atoms in total. The van der Waals surface area contributed by atoms with Crippen molar-refractivity contribution in [1.29, 1.82) is 0 Å². The second kappa shape index (κ2) is 6.64. The van der Waals surface area contributed by atoms with Gasteiger partial charge in [0.25, 0.3) is 0 Å². The third-order valence-electron chi connectivity index (χ3n) is 4.79. The van der Waals surface area contributed by atoms with Gasteiger partial charge in [-0.2, -0.15) is 0 Å². The zero-order valence-corrected chi connectivity index (χ0v) is 13.8. The summed E-state index contributed by atoms with van der Waals surface area (Å²) in [6.45, 7) is 11.0. The number of nitrogens with one attached hydrogen (secondary N) is 1. The van der Waals surface area contributed by atoms with Crippen molar-refractivity contribution in [3.8, 4) is 12.3 Å². The molecule has 0 saturated carbocycles. The van der Waals surface area contributed by atoms with Crippen molar-refractivity contribution >= 4 is 0 Å². The molecule has 0 radical (unpaired) electrons. The molecular weight excluding hydrogens is 256 g/mol. The lowest BCUT2D eigenvalue weighted by Crippen LogP contribution is -2.64. The Labute approximate surface area is 129 Å². The van der Waals surface area contributed by atoms with Crippen LogP contribution in [0.15, 0.2) is 30.3 Å². The summed E-state index contributed by atoms with van der Waals surface area (Å²) in [6.07, 6.45) is 6.80. The summed E-state index contributed by atoms with van der Waals surface area (Å²) in [5.74, 6) is 3.59. The Balaban J connectivity index is 2.29. The maximum absolute atomic E-state index is 5.79. The van der Waals surface area contributed by atoms with Crippen molar-refractivity contribution in [3.05, 3.63) is 35.9 Å². The lowest BCUT2D eigenvalue weighted by molar-refractivity contribution is 0.0410. The molecule has 1 heterocycles. The molecule has 1 fully saturated rings. The molecule has 0 spiro atoms. The second-order valence-electron chi connectivity index (χ2n) is 6.65. The van der Waals surface area contributed by atoms with Crippen LogP contribution in [0.3, 0.4) is 0 Å². The van der Waals surface area contributed by atoms with Crippen molar-refractivity contribution in [2.45, 2.75) is 51.7 Å². The second-order valence-corrected chi connectivity index (χ2v) is 6.65. The van der Waals surface area contributed by atoms with Gasteiger partial charge in [-0.15, -0.1) is 6.42 Å². The molecule has 3 atom stereocenters. The number of nitrogens with zero attached hydrogens (tertiary/aromatic N) is 1.